The Morgan fingerprint density at radius 1 is 1.24 bits per heavy atom. The Labute approximate surface area is 131 Å². The van der Waals surface area contributed by atoms with Crippen LogP contribution < -0.4 is 10.5 Å². The molecule has 112 valence electrons. The number of hydrogen-bond acceptors (Lipinski definition) is 3. The summed E-state index contributed by atoms with van der Waals surface area (Å²) in [6, 6.07) is 9.32. The highest BCUT2D eigenvalue weighted by molar-refractivity contribution is 9.10. The van der Waals surface area contributed by atoms with Crippen molar-refractivity contribution in [1.82, 2.24) is 0 Å². The van der Waals surface area contributed by atoms with E-state index in [-0.39, 0.29) is 17.3 Å². The van der Waals surface area contributed by atoms with Crippen LogP contribution >= 0.6 is 15.9 Å². The molecule has 4 nitrogen and oxygen atoms in total. The molecular formula is C14H14BrFN2O2S. The second-order valence-electron chi connectivity index (χ2n) is 4.61. The van der Waals surface area contributed by atoms with E-state index in [1.54, 1.807) is 18.2 Å². The van der Waals surface area contributed by atoms with Gasteiger partial charge in [-0.15, -0.1) is 0 Å². The van der Waals surface area contributed by atoms with Crippen molar-refractivity contribution in [3.8, 4) is 0 Å². The first-order valence-corrected chi connectivity index (χ1v) is 8.42. The lowest BCUT2D eigenvalue weighted by Crippen LogP contribution is -2.13. The van der Waals surface area contributed by atoms with Gasteiger partial charge >= 0.3 is 0 Å². The lowest BCUT2D eigenvalue weighted by molar-refractivity contribution is 0.597. The monoisotopic (exact) mass is 372 g/mol. The maximum absolute atomic E-state index is 13.7. The van der Waals surface area contributed by atoms with E-state index in [1.165, 1.54) is 18.2 Å². The number of sulfonamides is 1. The van der Waals surface area contributed by atoms with Gasteiger partial charge in [0, 0.05) is 22.3 Å². The Morgan fingerprint density at radius 3 is 2.57 bits per heavy atom. The van der Waals surface area contributed by atoms with Crippen molar-refractivity contribution >= 4 is 31.6 Å². The zero-order chi connectivity index (χ0) is 15.6. The summed E-state index contributed by atoms with van der Waals surface area (Å²) in [5.41, 5.74) is 1.93. The number of benzene rings is 2. The molecule has 2 rings (SSSR count). The van der Waals surface area contributed by atoms with E-state index < -0.39 is 10.0 Å². The highest BCUT2D eigenvalue weighted by Gasteiger charge is 2.10. The van der Waals surface area contributed by atoms with E-state index in [0.717, 1.165) is 5.56 Å². The number of anilines is 1. The van der Waals surface area contributed by atoms with Crippen molar-refractivity contribution in [2.24, 2.45) is 5.14 Å². The fourth-order valence-corrected chi connectivity index (χ4v) is 2.70. The molecular weight excluding hydrogens is 359 g/mol. The van der Waals surface area contributed by atoms with Crippen LogP contribution in [0.15, 0.2) is 45.8 Å². The quantitative estimate of drug-likeness (QED) is 0.865. The smallest absolute Gasteiger partial charge is 0.238 e. The van der Waals surface area contributed by atoms with E-state index in [1.807, 2.05) is 6.92 Å². The Bertz CT molecular complexity index is 779. The van der Waals surface area contributed by atoms with E-state index in [2.05, 4.69) is 21.2 Å². The summed E-state index contributed by atoms with van der Waals surface area (Å²) in [6.07, 6.45) is 0. The second kappa shape index (κ2) is 6.13. The number of aryl methyl sites for hydroxylation is 1. The third kappa shape index (κ3) is 4.03. The molecule has 0 saturated carbocycles. The Hall–Kier alpha value is -1.44. The fourth-order valence-electron chi connectivity index (χ4n) is 1.82. The predicted molar refractivity (Wildman–Crippen MR) is 84.0 cm³/mol. The van der Waals surface area contributed by atoms with Gasteiger partial charge in [0.2, 0.25) is 10.0 Å². The Kier molecular flexibility index (Phi) is 4.65. The zero-order valence-electron chi connectivity index (χ0n) is 11.2. The molecule has 2 aromatic carbocycles. The summed E-state index contributed by atoms with van der Waals surface area (Å²) in [5, 5.41) is 8.13. The predicted octanol–water partition coefficient (Wildman–Crippen LogP) is 3.16. The molecule has 0 saturated heterocycles. The normalized spacial score (nSPS) is 11.4. The highest BCUT2D eigenvalue weighted by atomic mass is 79.9. The van der Waals surface area contributed by atoms with Crippen LogP contribution in [0.1, 0.15) is 11.1 Å². The second-order valence-corrected chi connectivity index (χ2v) is 7.09. The molecule has 21 heavy (non-hydrogen) atoms. The van der Waals surface area contributed by atoms with E-state index >= 15 is 0 Å². The molecule has 0 atom stereocenters. The van der Waals surface area contributed by atoms with Gasteiger partial charge in [0.15, 0.2) is 0 Å². The van der Waals surface area contributed by atoms with Crippen LogP contribution in [0, 0.1) is 12.7 Å². The van der Waals surface area contributed by atoms with Crippen LogP contribution in [0.2, 0.25) is 0 Å². The number of nitrogens with one attached hydrogen (secondary N) is 1. The van der Waals surface area contributed by atoms with Crippen LogP contribution in [-0.4, -0.2) is 8.42 Å². The van der Waals surface area contributed by atoms with Crippen LogP contribution in [0.5, 0.6) is 0 Å². The van der Waals surface area contributed by atoms with Crippen molar-refractivity contribution in [2.45, 2.75) is 18.4 Å². The molecule has 0 bridgehead atoms. The maximum Gasteiger partial charge on any atom is 0.238 e. The molecule has 7 heteroatoms. The highest BCUT2D eigenvalue weighted by Crippen LogP contribution is 2.21. The van der Waals surface area contributed by atoms with Crippen molar-refractivity contribution in [3.05, 3.63) is 57.8 Å². The SMILES string of the molecule is Cc1ccc(S(N)(=O)=O)cc1NCc1ccc(Br)cc1F. The zero-order valence-corrected chi connectivity index (χ0v) is 13.6. The van der Waals surface area contributed by atoms with Crippen molar-refractivity contribution in [2.75, 3.05) is 5.32 Å². The average Bonchev–Trinajstić information content (AvgIpc) is 2.38. The van der Waals surface area contributed by atoms with E-state index in [4.69, 9.17) is 5.14 Å². The molecule has 0 aliphatic rings. The minimum absolute atomic E-state index is 0.0203. The molecule has 0 amide bonds. The average molecular weight is 373 g/mol. The first-order chi connectivity index (χ1) is 9.77. The molecule has 3 N–H and O–H groups in total. The lowest BCUT2D eigenvalue weighted by Gasteiger charge is -2.11. The maximum atomic E-state index is 13.7. The number of primary sulfonamides is 1. The van der Waals surface area contributed by atoms with E-state index in [9.17, 15) is 12.8 Å². The van der Waals surface area contributed by atoms with Crippen molar-refractivity contribution < 1.29 is 12.8 Å². The van der Waals surface area contributed by atoms with Crippen molar-refractivity contribution in [1.29, 1.82) is 0 Å². The van der Waals surface area contributed by atoms with Gasteiger partial charge in [-0.25, -0.2) is 17.9 Å². The summed E-state index contributed by atoms with van der Waals surface area (Å²) in [4.78, 5) is 0.0203. The van der Waals surface area contributed by atoms with Gasteiger partial charge in [0.1, 0.15) is 5.82 Å². The summed E-state index contributed by atoms with van der Waals surface area (Å²) in [7, 11) is -3.76. The third-order valence-electron chi connectivity index (χ3n) is 3.02. The fraction of sp³-hybridized carbons (Fsp3) is 0.143. The molecule has 0 radical (unpaired) electrons. The van der Waals surface area contributed by atoms with Gasteiger partial charge in [-0.05, 0) is 36.8 Å². The number of rotatable bonds is 4. The Balaban J connectivity index is 2.23. The molecule has 0 spiro atoms. The van der Waals surface area contributed by atoms with Crippen LogP contribution in [-0.2, 0) is 16.6 Å². The molecule has 0 heterocycles. The Morgan fingerprint density at radius 2 is 1.95 bits per heavy atom. The lowest BCUT2D eigenvalue weighted by atomic mass is 10.1. The molecule has 0 fully saturated rings. The van der Waals surface area contributed by atoms with Gasteiger partial charge in [-0.2, -0.15) is 0 Å². The summed E-state index contributed by atoms with van der Waals surface area (Å²) >= 11 is 3.19. The number of nitrogens with two attached hydrogens (primary N) is 1. The molecule has 0 aromatic heterocycles. The molecule has 0 aliphatic carbocycles. The number of hydrogen-bond donors (Lipinski definition) is 2. The van der Waals surface area contributed by atoms with Crippen LogP contribution in [0.25, 0.3) is 0 Å². The van der Waals surface area contributed by atoms with Crippen LogP contribution in [0.3, 0.4) is 0 Å². The minimum atomic E-state index is -3.76. The first-order valence-electron chi connectivity index (χ1n) is 6.08. The van der Waals surface area contributed by atoms with Gasteiger partial charge in [-0.3, -0.25) is 0 Å². The van der Waals surface area contributed by atoms with Gasteiger partial charge in [-0.1, -0.05) is 28.1 Å². The van der Waals surface area contributed by atoms with Gasteiger partial charge in [0.25, 0.3) is 0 Å². The van der Waals surface area contributed by atoms with Crippen LogP contribution in [0.4, 0.5) is 10.1 Å². The largest absolute Gasteiger partial charge is 0.381 e. The van der Waals surface area contributed by atoms with E-state index in [0.29, 0.717) is 15.7 Å². The van der Waals surface area contributed by atoms with Gasteiger partial charge in [0.05, 0.1) is 4.90 Å². The molecule has 2 aromatic rings. The topological polar surface area (TPSA) is 72.2 Å². The first kappa shape index (κ1) is 15.9. The third-order valence-corrected chi connectivity index (χ3v) is 4.43. The van der Waals surface area contributed by atoms with Gasteiger partial charge < -0.3 is 5.32 Å². The summed E-state index contributed by atoms with van der Waals surface area (Å²) in [5.74, 6) is -0.336. The number of halogens is 2. The molecule has 0 aliphatic heterocycles. The van der Waals surface area contributed by atoms with Crippen molar-refractivity contribution in [3.63, 3.8) is 0 Å². The minimum Gasteiger partial charge on any atom is -0.381 e. The summed E-state index contributed by atoms with van der Waals surface area (Å²) in [6.45, 7) is 2.07. The molecule has 0 unspecified atom stereocenters. The standard InChI is InChI=1S/C14H14BrFN2O2S/c1-9-2-5-12(21(17,19)20)7-14(9)18-8-10-3-4-11(15)6-13(10)16/h2-7,18H,8H2,1H3,(H2,17,19,20). The summed E-state index contributed by atoms with van der Waals surface area (Å²) < 4.78 is 37.1.